The third-order valence-corrected chi connectivity index (χ3v) is 5.80. The van der Waals surface area contributed by atoms with E-state index in [0.29, 0.717) is 22.0 Å². The summed E-state index contributed by atoms with van der Waals surface area (Å²) in [5, 5.41) is 20.4. The van der Waals surface area contributed by atoms with E-state index < -0.39 is 42.4 Å². The van der Waals surface area contributed by atoms with Gasteiger partial charge in [-0.25, -0.2) is 19.2 Å². The molecular formula is C30H35BN2O10. The number of benzene rings is 2. The third-order valence-electron chi connectivity index (χ3n) is 5.80. The molecule has 0 aliphatic carbocycles. The molecule has 0 amide bonds. The number of methoxy groups -OCH3 is 2. The van der Waals surface area contributed by atoms with Gasteiger partial charge in [0, 0.05) is 11.6 Å². The molecule has 0 spiro atoms. The second kappa shape index (κ2) is 12.7. The zero-order valence-electron chi connectivity index (χ0n) is 25.3. The number of rotatable bonds is 3. The van der Waals surface area contributed by atoms with Crippen LogP contribution in [-0.4, -0.2) is 75.8 Å². The quantitative estimate of drug-likeness (QED) is 0.201. The topological polar surface area (TPSA) is 156 Å². The van der Waals surface area contributed by atoms with E-state index in [0.717, 1.165) is 9.95 Å². The van der Waals surface area contributed by atoms with E-state index in [-0.39, 0.29) is 11.2 Å². The molecule has 0 bridgehead atoms. The molecule has 2 aromatic carbocycles. The van der Waals surface area contributed by atoms with Gasteiger partial charge in [-0.05, 0) is 83.3 Å². The van der Waals surface area contributed by atoms with Gasteiger partial charge < -0.3 is 29.0 Å². The standard InChI is InChI=1S/C15H18BNO6.C15H17NO4/c1-15(2,3)23-14(19)17-11-7-10(13(18)22-4)6-5-9(11)8-12(17)16(20)21;1-15(2,3)20-14(18)16-8-7-10-5-6-11(9-12(10)16)13(17)19-4/h5-8,20-21H,1-4H3;5-9H,1-4H3. The summed E-state index contributed by atoms with van der Waals surface area (Å²) in [7, 11) is 0.707. The highest BCUT2D eigenvalue weighted by molar-refractivity contribution is 6.59. The minimum Gasteiger partial charge on any atom is -0.465 e. The minimum absolute atomic E-state index is 0.0451. The summed E-state index contributed by atoms with van der Waals surface area (Å²) in [5.74, 6) is -1.00. The van der Waals surface area contributed by atoms with E-state index >= 15 is 0 Å². The molecule has 0 saturated carbocycles. The molecule has 4 aromatic rings. The monoisotopic (exact) mass is 594 g/mol. The second-order valence-corrected chi connectivity index (χ2v) is 11.5. The number of nitrogens with zero attached hydrogens (tertiary/aromatic N) is 2. The highest BCUT2D eigenvalue weighted by Gasteiger charge is 2.27. The molecule has 0 fully saturated rings. The zero-order chi connectivity index (χ0) is 32.3. The molecule has 0 saturated heterocycles. The van der Waals surface area contributed by atoms with E-state index in [1.165, 1.54) is 37.0 Å². The molecule has 228 valence electrons. The third kappa shape index (κ3) is 8.02. The predicted octanol–water partition coefficient (Wildman–Crippen LogP) is 4.10. The lowest BCUT2D eigenvalue weighted by atomic mass is 9.86. The summed E-state index contributed by atoms with van der Waals surface area (Å²) in [5.41, 5.74) is 0.188. The maximum atomic E-state index is 12.4. The minimum atomic E-state index is -1.86. The normalized spacial score (nSPS) is 11.4. The average molecular weight is 594 g/mol. The largest absolute Gasteiger partial charge is 0.506 e. The van der Waals surface area contributed by atoms with Crippen LogP contribution in [0.1, 0.15) is 62.3 Å². The molecule has 13 heteroatoms. The molecule has 0 aliphatic rings. The Labute approximate surface area is 248 Å². The van der Waals surface area contributed by atoms with Crippen molar-refractivity contribution in [3.05, 3.63) is 65.9 Å². The number of esters is 2. The smallest absolute Gasteiger partial charge is 0.465 e. The zero-order valence-corrected chi connectivity index (χ0v) is 25.3. The molecule has 0 atom stereocenters. The molecule has 0 aliphatic heterocycles. The van der Waals surface area contributed by atoms with Crippen LogP contribution in [0.5, 0.6) is 0 Å². The van der Waals surface area contributed by atoms with Gasteiger partial charge in [0.1, 0.15) is 11.2 Å². The van der Waals surface area contributed by atoms with Crippen molar-refractivity contribution in [1.29, 1.82) is 0 Å². The highest BCUT2D eigenvalue weighted by Crippen LogP contribution is 2.21. The lowest BCUT2D eigenvalue weighted by Crippen LogP contribution is -2.41. The van der Waals surface area contributed by atoms with Crippen LogP contribution in [-0.2, 0) is 18.9 Å². The maximum Gasteiger partial charge on any atom is 0.506 e. The lowest BCUT2D eigenvalue weighted by Gasteiger charge is -2.21. The van der Waals surface area contributed by atoms with Gasteiger partial charge in [0.05, 0.1) is 42.0 Å². The van der Waals surface area contributed by atoms with Crippen molar-refractivity contribution >= 4 is 58.6 Å². The van der Waals surface area contributed by atoms with E-state index in [4.69, 9.17) is 9.47 Å². The Morgan fingerprint density at radius 2 is 1.16 bits per heavy atom. The fourth-order valence-corrected chi connectivity index (χ4v) is 4.01. The summed E-state index contributed by atoms with van der Waals surface area (Å²) in [6.45, 7) is 10.5. The van der Waals surface area contributed by atoms with E-state index in [1.807, 2.05) is 0 Å². The van der Waals surface area contributed by atoms with Crippen LogP contribution in [0.25, 0.3) is 21.8 Å². The molecule has 2 heterocycles. The number of ether oxygens (including phenoxy) is 4. The van der Waals surface area contributed by atoms with Crippen molar-refractivity contribution in [2.45, 2.75) is 52.7 Å². The van der Waals surface area contributed by atoms with Gasteiger partial charge in [-0.15, -0.1) is 0 Å². The van der Waals surface area contributed by atoms with Gasteiger partial charge in [-0.3, -0.25) is 9.13 Å². The number of hydrogen-bond donors (Lipinski definition) is 2. The van der Waals surface area contributed by atoms with Gasteiger partial charge in [0.2, 0.25) is 0 Å². The van der Waals surface area contributed by atoms with Crippen LogP contribution in [0, 0.1) is 0 Å². The van der Waals surface area contributed by atoms with Crippen LogP contribution >= 0.6 is 0 Å². The number of aromatic nitrogens is 2. The van der Waals surface area contributed by atoms with Crippen molar-refractivity contribution in [2.75, 3.05) is 14.2 Å². The Balaban J connectivity index is 0.000000238. The first-order chi connectivity index (χ1) is 20.0. The van der Waals surface area contributed by atoms with Gasteiger partial charge in [-0.1, -0.05) is 12.1 Å². The van der Waals surface area contributed by atoms with Gasteiger partial charge >= 0.3 is 31.2 Å². The number of fused-ring (bicyclic) bond motifs is 2. The molecule has 12 nitrogen and oxygen atoms in total. The van der Waals surface area contributed by atoms with Crippen LogP contribution in [0.3, 0.4) is 0 Å². The fraction of sp³-hybridized carbons (Fsp3) is 0.333. The molecular weight excluding hydrogens is 559 g/mol. The molecule has 0 unspecified atom stereocenters. The first kappa shape index (κ1) is 32.9. The Bertz CT molecular complexity index is 1670. The highest BCUT2D eigenvalue weighted by atomic mass is 16.6. The van der Waals surface area contributed by atoms with E-state index in [1.54, 1.807) is 78.1 Å². The van der Waals surface area contributed by atoms with Crippen LogP contribution < -0.4 is 5.59 Å². The van der Waals surface area contributed by atoms with E-state index in [9.17, 15) is 29.2 Å². The maximum absolute atomic E-state index is 12.4. The lowest BCUT2D eigenvalue weighted by molar-refractivity contribution is 0.0534. The number of carbonyl (C=O) groups is 4. The van der Waals surface area contributed by atoms with Crippen molar-refractivity contribution in [1.82, 2.24) is 9.13 Å². The summed E-state index contributed by atoms with van der Waals surface area (Å²) in [4.78, 5) is 47.7. The second-order valence-electron chi connectivity index (χ2n) is 11.5. The average Bonchev–Trinajstić information content (AvgIpc) is 3.52. The van der Waals surface area contributed by atoms with Crippen molar-refractivity contribution in [3.8, 4) is 0 Å². The molecule has 43 heavy (non-hydrogen) atoms. The van der Waals surface area contributed by atoms with Crippen LogP contribution in [0.2, 0.25) is 0 Å². The number of carbonyl (C=O) groups excluding carboxylic acids is 4. The number of hydrogen-bond acceptors (Lipinski definition) is 10. The van der Waals surface area contributed by atoms with Gasteiger partial charge in [0.25, 0.3) is 0 Å². The summed E-state index contributed by atoms with van der Waals surface area (Å²) < 4.78 is 22.4. The SMILES string of the molecule is COC(=O)c1ccc2cc(B(O)O)n(C(=O)OC(C)(C)C)c2c1.COC(=O)c1ccc2ccn(C(=O)OC(C)(C)C)c2c1. The summed E-state index contributed by atoms with van der Waals surface area (Å²) >= 11 is 0. The molecule has 2 aromatic heterocycles. The molecule has 2 N–H and O–H groups in total. The first-order valence-electron chi connectivity index (χ1n) is 13.2. The Morgan fingerprint density at radius 3 is 1.65 bits per heavy atom. The molecule has 4 rings (SSSR count). The van der Waals surface area contributed by atoms with Gasteiger partial charge in [-0.2, -0.15) is 0 Å². The summed E-state index contributed by atoms with van der Waals surface area (Å²) in [6, 6.07) is 12.8. The van der Waals surface area contributed by atoms with Crippen molar-refractivity contribution in [3.63, 3.8) is 0 Å². The Hall–Kier alpha value is -4.62. The first-order valence-corrected chi connectivity index (χ1v) is 13.2. The Morgan fingerprint density at radius 1 is 0.674 bits per heavy atom. The van der Waals surface area contributed by atoms with E-state index in [2.05, 4.69) is 9.47 Å². The molecule has 0 radical (unpaired) electrons. The summed E-state index contributed by atoms with van der Waals surface area (Å²) in [6.07, 6.45) is 0.381. The van der Waals surface area contributed by atoms with Crippen LogP contribution in [0.15, 0.2) is 54.7 Å². The van der Waals surface area contributed by atoms with Gasteiger partial charge in [0.15, 0.2) is 0 Å². The van der Waals surface area contributed by atoms with Crippen LogP contribution in [0.4, 0.5) is 9.59 Å². The van der Waals surface area contributed by atoms with Crippen molar-refractivity contribution in [2.24, 2.45) is 0 Å². The Kier molecular flexibility index (Phi) is 9.73. The fourth-order valence-electron chi connectivity index (χ4n) is 4.01. The van der Waals surface area contributed by atoms with Crippen molar-refractivity contribution < 1.29 is 48.2 Å². The predicted molar refractivity (Wildman–Crippen MR) is 160 cm³/mol.